The van der Waals surface area contributed by atoms with Crippen molar-refractivity contribution in [3.05, 3.63) is 71.8 Å². The molecule has 0 spiro atoms. The zero-order chi connectivity index (χ0) is 30.0. The average molecular weight is 572 g/mol. The first-order chi connectivity index (χ1) is 19.8. The van der Waals surface area contributed by atoms with Crippen LogP contribution >= 0.6 is 0 Å². The Hall–Kier alpha value is -4.45. The van der Waals surface area contributed by atoms with E-state index in [0.29, 0.717) is 35.4 Å². The molecule has 2 atom stereocenters. The normalized spacial score (nSPS) is 11.9. The van der Waals surface area contributed by atoms with E-state index in [1.165, 1.54) is 7.11 Å². The van der Waals surface area contributed by atoms with Crippen LogP contribution in [0.4, 0.5) is 9.59 Å². The number of carbonyl (C=O) groups is 5. The number of carbonyl (C=O) groups excluding carboxylic acids is 5. The van der Waals surface area contributed by atoms with Gasteiger partial charge in [-0.25, -0.2) is 14.4 Å². The highest BCUT2D eigenvalue weighted by molar-refractivity contribution is 5.96. The molecule has 0 fully saturated rings. The van der Waals surface area contributed by atoms with E-state index in [9.17, 15) is 24.0 Å². The third kappa shape index (κ3) is 11.3. The second-order valence-corrected chi connectivity index (χ2v) is 8.95. The molecule has 0 aliphatic carbocycles. The van der Waals surface area contributed by atoms with E-state index >= 15 is 0 Å². The molecule has 2 rings (SSSR count). The third-order valence-corrected chi connectivity index (χ3v) is 6.02. The third-order valence-electron chi connectivity index (χ3n) is 6.02. The molecule has 3 N–H and O–H groups in total. The van der Waals surface area contributed by atoms with Crippen molar-refractivity contribution in [2.45, 2.75) is 57.4 Å². The highest BCUT2D eigenvalue weighted by atomic mass is 16.6. The molecule has 0 unspecified atom stereocenters. The predicted molar refractivity (Wildman–Crippen MR) is 147 cm³/mol. The summed E-state index contributed by atoms with van der Waals surface area (Å²) in [6.45, 7) is -0.0124. The number of rotatable bonds is 15. The van der Waals surface area contributed by atoms with Crippen LogP contribution in [0.5, 0.6) is 0 Å². The molecule has 0 bridgehead atoms. The van der Waals surface area contributed by atoms with Gasteiger partial charge in [0.2, 0.25) is 5.91 Å². The molecule has 0 saturated carbocycles. The second kappa shape index (κ2) is 18.0. The van der Waals surface area contributed by atoms with E-state index in [0.717, 1.165) is 7.11 Å². The van der Waals surface area contributed by atoms with Gasteiger partial charge in [0.15, 0.2) is 0 Å². The van der Waals surface area contributed by atoms with E-state index in [1.54, 1.807) is 60.7 Å². The van der Waals surface area contributed by atoms with Gasteiger partial charge in [0.1, 0.15) is 25.3 Å². The molecule has 0 saturated heterocycles. The van der Waals surface area contributed by atoms with Gasteiger partial charge in [-0.05, 0) is 43.4 Å². The second-order valence-electron chi connectivity index (χ2n) is 8.95. The summed E-state index contributed by atoms with van der Waals surface area (Å²) in [5, 5.41) is 2.50. The fourth-order valence-corrected chi connectivity index (χ4v) is 3.79. The van der Waals surface area contributed by atoms with Crippen LogP contribution in [0.15, 0.2) is 60.7 Å². The summed E-state index contributed by atoms with van der Waals surface area (Å²) in [6.07, 6.45) is -1.65. The minimum absolute atomic E-state index is 0.00873. The average Bonchev–Trinajstić information content (AvgIpc) is 3.00. The lowest BCUT2D eigenvalue weighted by Crippen LogP contribution is -2.55. The van der Waals surface area contributed by atoms with Gasteiger partial charge < -0.3 is 30.0 Å². The van der Waals surface area contributed by atoms with Crippen LogP contribution in [0.2, 0.25) is 0 Å². The Kier molecular flexibility index (Phi) is 14.4. The van der Waals surface area contributed by atoms with Crippen LogP contribution in [-0.4, -0.2) is 67.8 Å². The molecule has 41 heavy (non-hydrogen) atoms. The summed E-state index contributed by atoms with van der Waals surface area (Å²) in [5.41, 5.74) is 6.95. The van der Waals surface area contributed by atoms with E-state index < -0.39 is 42.1 Å². The summed E-state index contributed by atoms with van der Waals surface area (Å²) in [5.74, 6) is -2.24. The van der Waals surface area contributed by atoms with Crippen LogP contribution in [0, 0.1) is 0 Å². The Balaban J connectivity index is 2.33. The zero-order valence-electron chi connectivity index (χ0n) is 23.3. The number of nitrogens with zero attached hydrogens (tertiary/aromatic N) is 1. The van der Waals surface area contributed by atoms with Gasteiger partial charge in [-0.1, -0.05) is 60.7 Å². The number of unbranched alkanes of at least 4 members (excludes halogenated alkanes) is 1. The Morgan fingerprint density at radius 1 is 0.780 bits per heavy atom. The highest BCUT2D eigenvalue weighted by Crippen LogP contribution is 2.17. The van der Waals surface area contributed by atoms with Gasteiger partial charge in [0.05, 0.1) is 14.2 Å². The Morgan fingerprint density at radius 2 is 1.32 bits per heavy atom. The zero-order valence-corrected chi connectivity index (χ0v) is 23.3. The fraction of sp³-hybridized carbons (Fsp3) is 0.414. The van der Waals surface area contributed by atoms with Crippen LogP contribution in [0.3, 0.4) is 0 Å². The van der Waals surface area contributed by atoms with Gasteiger partial charge in [0.25, 0.3) is 0 Å². The number of ether oxygens (including phenoxy) is 4. The smallest absolute Gasteiger partial charge is 0.420 e. The number of nitrogens with two attached hydrogens (primary N) is 1. The van der Waals surface area contributed by atoms with Crippen LogP contribution in [0.25, 0.3) is 0 Å². The number of benzene rings is 2. The van der Waals surface area contributed by atoms with E-state index in [2.05, 4.69) is 10.1 Å². The predicted octanol–water partition coefficient (Wildman–Crippen LogP) is 3.07. The molecule has 0 aliphatic rings. The highest BCUT2D eigenvalue weighted by Gasteiger charge is 2.38. The number of hydrogen-bond acceptors (Lipinski definition) is 10. The topological polar surface area (TPSA) is 164 Å². The summed E-state index contributed by atoms with van der Waals surface area (Å²) >= 11 is 0. The van der Waals surface area contributed by atoms with Gasteiger partial charge in [0, 0.05) is 6.42 Å². The molecular weight excluding hydrogens is 534 g/mol. The Morgan fingerprint density at radius 3 is 1.78 bits per heavy atom. The van der Waals surface area contributed by atoms with E-state index in [1.807, 2.05) is 0 Å². The van der Waals surface area contributed by atoms with Gasteiger partial charge in [-0.15, -0.1) is 0 Å². The molecule has 222 valence electrons. The molecule has 0 aromatic heterocycles. The number of imide groups is 1. The maximum Gasteiger partial charge on any atom is 0.420 e. The van der Waals surface area contributed by atoms with Crippen molar-refractivity contribution in [2.24, 2.45) is 5.73 Å². The van der Waals surface area contributed by atoms with Gasteiger partial charge in [-0.2, -0.15) is 4.90 Å². The van der Waals surface area contributed by atoms with Crippen LogP contribution in [0.1, 0.15) is 43.2 Å². The standard InChI is InChI=1S/C29H37N3O9/c1-38-25(33)17-16-23(27(35)39-2)31-26(34)24(15-9-10-18-30)32(28(36)40-19-21-11-5-3-6-12-21)29(37)41-20-22-13-7-4-8-14-22/h3-8,11-14,23-24H,9-10,15-20,30H2,1-2H3,(H,31,34)/t23-,24-/m0/s1. The lowest BCUT2D eigenvalue weighted by molar-refractivity contribution is -0.147. The number of hydrogen-bond donors (Lipinski definition) is 2. The Labute approximate surface area is 239 Å². The molecule has 12 nitrogen and oxygen atoms in total. The molecule has 12 heteroatoms. The fourth-order valence-electron chi connectivity index (χ4n) is 3.79. The molecule has 0 heterocycles. The minimum atomic E-state index is -1.42. The number of esters is 2. The maximum absolute atomic E-state index is 13.6. The van der Waals surface area contributed by atoms with Crippen molar-refractivity contribution in [3.8, 4) is 0 Å². The minimum Gasteiger partial charge on any atom is -0.469 e. The van der Waals surface area contributed by atoms with E-state index in [-0.39, 0.29) is 32.5 Å². The summed E-state index contributed by atoms with van der Waals surface area (Å²) in [7, 11) is 2.33. The van der Waals surface area contributed by atoms with Crippen molar-refractivity contribution in [1.29, 1.82) is 0 Å². The first-order valence-electron chi connectivity index (χ1n) is 13.2. The summed E-state index contributed by atoms with van der Waals surface area (Å²) in [4.78, 5) is 64.8. The quantitative estimate of drug-likeness (QED) is 0.184. The number of nitrogens with one attached hydrogen (secondary N) is 1. The molecule has 3 amide bonds. The first kappa shape index (κ1) is 32.8. The lowest BCUT2D eigenvalue weighted by atomic mass is 10.1. The summed E-state index contributed by atoms with van der Waals surface area (Å²) in [6, 6.07) is 14.9. The van der Waals surface area contributed by atoms with Crippen molar-refractivity contribution in [1.82, 2.24) is 10.2 Å². The van der Waals surface area contributed by atoms with Crippen molar-refractivity contribution in [2.75, 3.05) is 20.8 Å². The van der Waals surface area contributed by atoms with Gasteiger partial charge in [-0.3, -0.25) is 9.59 Å². The lowest BCUT2D eigenvalue weighted by Gasteiger charge is -2.29. The van der Waals surface area contributed by atoms with Crippen molar-refractivity contribution >= 4 is 30.0 Å². The first-order valence-corrected chi connectivity index (χ1v) is 13.2. The molecule has 2 aromatic carbocycles. The maximum atomic E-state index is 13.6. The number of methoxy groups -OCH3 is 2. The van der Waals surface area contributed by atoms with Crippen LogP contribution in [-0.2, 0) is 46.5 Å². The van der Waals surface area contributed by atoms with E-state index in [4.69, 9.17) is 19.9 Å². The SMILES string of the molecule is COC(=O)CC[C@H](NC(=O)[C@H](CCCCN)N(C(=O)OCc1ccccc1)C(=O)OCc1ccccc1)C(=O)OC. The number of amides is 3. The molecule has 2 aromatic rings. The largest absolute Gasteiger partial charge is 0.469 e. The van der Waals surface area contributed by atoms with Crippen molar-refractivity contribution < 1.29 is 42.9 Å². The molecule has 0 aliphatic heterocycles. The Bertz CT molecular complexity index is 1070. The van der Waals surface area contributed by atoms with Gasteiger partial charge >= 0.3 is 24.1 Å². The van der Waals surface area contributed by atoms with Crippen LogP contribution < -0.4 is 11.1 Å². The molecular formula is C29H37N3O9. The van der Waals surface area contributed by atoms with Crippen molar-refractivity contribution in [3.63, 3.8) is 0 Å². The monoisotopic (exact) mass is 571 g/mol. The molecule has 0 radical (unpaired) electrons. The summed E-state index contributed by atoms with van der Waals surface area (Å²) < 4.78 is 20.2.